The second-order valence-electron chi connectivity index (χ2n) is 15.2. The standard InChI is InChI=1S/C45H57N7O7S/c1-3-18-51(19-4-2)45(56)37-25-40-35(11-5-6-17-48-43(15-9-20-59-21-16-44(54)55)49-38-13-7-10-32(22-38)28-46)23-36(26-41(40)50-42(47)27-37)34-12-8-14-39(24-34)60(57,58)52-29-33(30-52)31-53/h7-8,10,12-14,22-26,33,53H,3-6,9,11,15-21,27,29-31H2,1-2H3,(H2,47,50)(H,48,49)(H,54,55). The highest BCUT2D eigenvalue weighted by Gasteiger charge is 2.36. The van der Waals surface area contributed by atoms with E-state index in [0.29, 0.717) is 73.7 Å². The normalized spacial score (nSPS) is 14.6. The number of ether oxygens (including phenoxy) is 1. The summed E-state index contributed by atoms with van der Waals surface area (Å²) in [4.78, 5) is 36.5. The maximum absolute atomic E-state index is 13.9. The van der Waals surface area contributed by atoms with Gasteiger partial charge in [-0.2, -0.15) is 9.57 Å². The van der Waals surface area contributed by atoms with Gasteiger partial charge in [0.2, 0.25) is 15.9 Å². The lowest BCUT2D eigenvalue weighted by Gasteiger charge is -2.36. The Morgan fingerprint density at radius 3 is 2.50 bits per heavy atom. The fourth-order valence-corrected chi connectivity index (χ4v) is 8.86. The lowest BCUT2D eigenvalue weighted by molar-refractivity contribution is -0.138. The van der Waals surface area contributed by atoms with E-state index in [1.165, 1.54) is 4.31 Å². The summed E-state index contributed by atoms with van der Waals surface area (Å²) in [6, 6.07) is 20.1. The minimum atomic E-state index is -3.75. The van der Waals surface area contributed by atoms with Gasteiger partial charge in [-0.3, -0.25) is 14.6 Å². The average molecular weight is 840 g/mol. The van der Waals surface area contributed by atoms with Crippen LogP contribution in [0.15, 0.2) is 81.1 Å². The highest BCUT2D eigenvalue weighted by atomic mass is 32.2. The number of benzene rings is 3. The highest BCUT2D eigenvalue weighted by molar-refractivity contribution is 7.89. The SMILES string of the molecule is CCCN(CCC)C(=O)C1=Cc2c(CCCCN=C(CCCOCCC(=O)O)Nc3cccc(C#N)c3)cc(-c3cccc(S(=O)(=O)N4CC(CO)C4)c3)cc2N=C(N)C1. The maximum atomic E-state index is 13.9. The third kappa shape index (κ3) is 12.6. The molecule has 0 saturated carbocycles. The van der Waals surface area contributed by atoms with Crippen molar-refractivity contribution in [1.29, 1.82) is 5.26 Å². The number of carboxylic acid groups (broad SMARTS) is 1. The third-order valence-electron chi connectivity index (χ3n) is 10.3. The number of rotatable bonds is 22. The number of aliphatic hydroxyl groups excluding tert-OH is 1. The molecule has 15 heteroatoms. The number of unbranched alkanes of at least 4 members (excludes halogenated alkanes) is 1. The molecule has 320 valence electrons. The van der Waals surface area contributed by atoms with Crippen LogP contribution >= 0.6 is 0 Å². The number of amides is 1. The molecule has 3 aromatic carbocycles. The summed E-state index contributed by atoms with van der Waals surface area (Å²) in [5, 5.41) is 31.1. The summed E-state index contributed by atoms with van der Waals surface area (Å²) in [6.45, 7) is 6.89. The minimum Gasteiger partial charge on any atom is -0.481 e. The van der Waals surface area contributed by atoms with Gasteiger partial charge in [-0.1, -0.05) is 38.1 Å². The summed E-state index contributed by atoms with van der Waals surface area (Å²) >= 11 is 0. The van der Waals surface area contributed by atoms with Crippen molar-refractivity contribution in [1.82, 2.24) is 9.21 Å². The molecule has 0 atom stereocenters. The van der Waals surface area contributed by atoms with Gasteiger partial charge in [0.1, 0.15) is 11.7 Å². The van der Waals surface area contributed by atoms with Gasteiger partial charge < -0.3 is 30.9 Å². The van der Waals surface area contributed by atoms with E-state index in [9.17, 15) is 28.4 Å². The minimum absolute atomic E-state index is 0.0557. The van der Waals surface area contributed by atoms with Gasteiger partial charge in [0.05, 0.1) is 35.2 Å². The summed E-state index contributed by atoms with van der Waals surface area (Å²) < 4.78 is 33.9. The van der Waals surface area contributed by atoms with Crippen LogP contribution in [0.5, 0.6) is 0 Å². The number of hydrogen-bond acceptors (Lipinski definition) is 10. The Balaban J connectivity index is 1.42. The number of carbonyl (C=O) groups excluding carboxylic acids is 1. The van der Waals surface area contributed by atoms with Crippen molar-refractivity contribution in [3.63, 3.8) is 0 Å². The molecule has 0 spiro atoms. The van der Waals surface area contributed by atoms with Crippen LogP contribution in [-0.2, 0) is 30.8 Å². The van der Waals surface area contributed by atoms with Crippen molar-refractivity contribution >= 4 is 51.0 Å². The van der Waals surface area contributed by atoms with E-state index in [-0.39, 0.29) is 55.9 Å². The van der Waals surface area contributed by atoms with Crippen LogP contribution in [0.3, 0.4) is 0 Å². The summed E-state index contributed by atoms with van der Waals surface area (Å²) in [7, 11) is -3.75. The van der Waals surface area contributed by atoms with Crippen molar-refractivity contribution in [3.05, 3.63) is 82.9 Å². The smallest absolute Gasteiger partial charge is 0.305 e. The molecule has 5 rings (SSSR count). The zero-order valence-electron chi connectivity index (χ0n) is 34.6. The molecule has 2 aliphatic rings. The number of amidine groups is 2. The van der Waals surface area contributed by atoms with Crippen LogP contribution in [0.2, 0.25) is 0 Å². The number of hydrogen-bond donors (Lipinski definition) is 4. The zero-order chi connectivity index (χ0) is 43.1. The van der Waals surface area contributed by atoms with Gasteiger partial charge in [-0.25, -0.2) is 13.4 Å². The van der Waals surface area contributed by atoms with Gasteiger partial charge in [0.15, 0.2) is 0 Å². The number of nitrogens with one attached hydrogen (secondary N) is 1. The Bertz CT molecular complexity index is 2220. The summed E-state index contributed by atoms with van der Waals surface area (Å²) in [5.74, 6) is 0.00733. The predicted molar refractivity (Wildman–Crippen MR) is 235 cm³/mol. The molecule has 5 N–H and O–H groups in total. The number of aliphatic carboxylic acids is 1. The Hall–Kier alpha value is -5.40. The Morgan fingerprint density at radius 1 is 1.02 bits per heavy atom. The van der Waals surface area contributed by atoms with E-state index in [4.69, 9.17) is 25.6 Å². The van der Waals surface area contributed by atoms with Gasteiger partial charge in [-0.15, -0.1) is 0 Å². The molecule has 14 nitrogen and oxygen atoms in total. The predicted octanol–water partition coefficient (Wildman–Crippen LogP) is 6.37. The first-order chi connectivity index (χ1) is 28.9. The van der Waals surface area contributed by atoms with Gasteiger partial charge in [0, 0.05) is 81.5 Å². The first-order valence-corrected chi connectivity index (χ1v) is 22.2. The van der Waals surface area contributed by atoms with Gasteiger partial charge in [-0.05, 0) is 97.7 Å². The summed E-state index contributed by atoms with van der Waals surface area (Å²) in [6.07, 6.45) is 6.98. The van der Waals surface area contributed by atoms with E-state index in [1.807, 2.05) is 49.1 Å². The quantitative estimate of drug-likeness (QED) is 0.0499. The van der Waals surface area contributed by atoms with E-state index in [0.717, 1.165) is 53.9 Å². The van der Waals surface area contributed by atoms with Crippen LogP contribution < -0.4 is 11.1 Å². The number of carboxylic acids is 1. The van der Waals surface area contributed by atoms with Crippen molar-refractivity contribution in [2.45, 2.75) is 76.5 Å². The molecule has 2 aliphatic heterocycles. The number of aryl methyl sites for hydroxylation is 1. The Kier molecular flexibility index (Phi) is 17.0. The molecule has 3 aromatic rings. The topological polar surface area (TPSA) is 211 Å². The van der Waals surface area contributed by atoms with E-state index in [1.54, 1.807) is 36.4 Å². The molecule has 0 aliphatic carbocycles. The lowest BCUT2D eigenvalue weighted by atomic mass is 9.93. The number of aliphatic hydroxyl groups is 1. The van der Waals surface area contributed by atoms with Crippen LogP contribution in [0.1, 0.15) is 81.9 Å². The largest absolute Gasteiger partial charge is 0.481 e. The highest BCUT2D eigenvalue weighted by Crippen LogP contribution is 2.37. The number of nitrogens with zero attached hydrogens (tertiary/aromatic N) is 5. The molecule has 1 fully saturated rings. The maximum Gasteiger partial charge on any atom is 0.305 e. The van der Waals surface area contributed by atoms with E-state index in [2.05, 4.69) is 11.4 Å². The summed E-state index contributed by atoms with van der Waals surface area (Å²) in [5.41, 5.74) is 12.2. The second kappa shape index (κ2) is 22.3. The van der Waals surface area contributed by atoms with Crippen LogP contribution in [0.25, 0.3) is 17.2 Å². The first-order valence-electron chi connectivity index (χ1n) is 20.8. The van der Waals surface area contributed by atoms with Gasteiger partial charge >= 0.3 is 5.97 Å². The average Bonchev–Trinajstić information content (AvgIpc) is 3.39. The van der Waals surface area contributed by atoms with Crippen LogP contribution in [0.4, 0.5) is 11.4 Å². The molecule has 1 amide bonds. The first kappa shape index (κ1) is 45.7. The van der Waals surface area contributed by atoms with E-state index >= 15 is 0 Å². The van der Waals surface area contributed by atoms with Crippen LogP contribution in [0, 0.1) is 17.2 Å². The zero-order valence-corrected chi connectivity index (χ0v) is 35.4. The molecule has 2 heterocycles. The molecule has 60 heavy (non-hydrogen) atoms. The fraction of sp³-hybridized carbons (Fsp3) is 0.444. The lowest BCUT2D eigenvalue weighted by Crippen LogP contribution is -2.51. The molecular formula is C45H57N7O7S. The molecule has 0 aromatic heterocycles. The molecular weight excluding hydrogens is 783 g/mol. The number of carbonyl (C=O) groups is 2. The second-order valence-corrected chi connectivity index (χ2v) is 17.1. The molecule has 1 saturated heterocycles. The Labute approximate surface area is 353 Å². The fourth-order valence-electron chi connectivity index (χ4n) is 7.22. The van der Waals surface area contributed by atoms with Crippen LogP contribution in [-0.4, -0.2) is 104 Å². The molecule has 0 bridgehead atoms. The van der Waals surface area contributed by atoms with Crippen molar-refractivity contribution < 1.29 is 33.0 Å². The monoisotopic (exact) mass is 839 g/mol. The number of sulfonamides is 1. The number of fused-ring (bicyclic) bond motifs is 1. The van der Waals surface area contributed by atoms with Crippen molar-refractivity contribution in [3.8, 4) is 17.2 Å². The number of anilines is 1. The molecule has 0 radical (unpaired) electrons. The number of aliphatic imine (C=N–C) groups is 2. The van der Waals surface area contributed by atoms with Crippen molar-refractivity contribution in [2.75, 3.05) is 57.9 Å². The van der Waals surface area contributed by atoms with Gasteiger partial charge in [0.25, 0.3) is 0 Å². The van der Waals surface area contributed by atoms with Crippen molar-refractivity contribution in [2.24, 2.45) is 21.6 Å². The number of nitriles is 1. The van der Waals surface area contributed by atoms with E-state index < -0.39 is 16.0 Å². The number of nitrogens with two attached hydrogens (primary N) is 1. The molecule has 0 unspecified atom stereocenters. The Morgan fingerprint density at radius 2 is 1.78 bits per heavy atom. The third-order valence-corrected chi connectivity index (χ3v) is 12.2.